The minimum absolute atomic E-state index is 0.289. The van der Waals surface area contributed by atoms with Gasteiger partial charge in [0.05, 0.1) is 5.56 Å². The summed E-state index contributed by atoms with van der Waals surface area (Å²) in [5, 5.41) is 0. The molecule has 1 amide bonds. The van der Waals surface area contributed by atoms with E-state index in [2.05, 4.69) is 4.90 Å². The van der Waals surface area contributed by atoms with Gasteiger partial charge in [-0.3, -0.25) is 4.90 Å². The molecule has 0 N–H and O–H groups in total. The molecule has 0 radical (unpaired) electrons. The van der Waals surface area contributed by atoms with Crippen LogP contribution >= 0.6 is 0 Å². The van der Waals surface area contributed by atoms with Crippen LogP contribution in [0.15, 0.2) is 48.5 Å². The molecule has 2 aromatic rings. The Morgan fingerprint density at radius 3 is 1.93 bits per heavy atom. The van der Waals surface area contributed by atoms with Crippen molar-refractivity contribution < 1.29 is 27.4 Å². The van der Waals surface area contributed by atoms with E-state index >= 15 is 0 Å². The summed E-state index contributed by atoms with van der Waals surface area (Å²) in [4.78, 5) is 16.5. The lowest BCUT2D eigenvalue weighted by atomic mass is 10.2. The highest BCUT2D eigenvalue weighted by atomic mass is 19.4. The molecule has 0 unspecified atom stereocenters. The first-order valence-corrected chi connectivity index (χ1v) is 10.0. The molecule has 1 aliphatic carbocycles. The van der Waals surface area contributed by atoms with E-state index in [1.54, 1.807) is 29.2 Å². The molecule has 5 nitrogen and oxygen atoms in total. The van der Waals surface area contributed by atoms with Crippen LogP contribution in [0.4, 0.5) is 18.0 Å². The van der Waals surface area contributed by atoms with Crippen LogP contribution in [0.25, 0.3) is 0 Å². The van der Waals surface area contributed by atoms with E-state index in [0.717, 1.165) is 37.7 Å². The van der Waals surface area contributed by atoms with Gasteiger partial charge in [0.25, 0.3) is 0 Å². The van der Waals surface area contributed by atoms with Crippen LogP contribution in [0.2, 0.25) is 0 Å². The molecule has 0 bridgehead atoms. The lowest BCUT2D eigenvalue weighted by molar-refractivity contribution is -0.137. The van der Waals surface area contributed by atoms with Gasteiger partial charge in [-0.2, -0.15) is 13.2 Å². The van der Waals surface area contributed by atoms with Gasteiger partial charge in [-0.05, 0) is 67.3 Å². The molecule has 2 aliphatic rings. The van der Waals surface area contributed by atoms with Gasteiger partial charge in [0.1, 0.15) is 17.2 Å². The summed E-state index contributed by atoms with van der Waals surface area (Å²) in [5.41, 5.74) is -0.731. The number of piperazine rings is 1. The van der Waals surface area contributed by atoms with Gasteiger partial charge in [-0.25, -0.2) is 4.79 Å². The minimum atomic E-state index is -4.38. The third-order valence-electron chi connectivity index (χ3n) is 5.29. The van der Waals surface area contributed by atoms with E-state index < -0.39 is 11.7 Å². The fourth-order valence-corrected chi connectivity index (χ4v) is 3.37. The number of benzene rings is 2. The number of halogens is 3. The zero-order valence-electron chi connectivity index (χ0n) is 16.4. The van der Waals surface area contributed by atoms with Crippen molar-refractivity contribution in [2.45, 2.75) is 19.0 Å². The largest absolute Gasteiger partial charge is 0.457 e. The zero-order chi connectivity index (χ0) is 21.1. The van der Waals surface area contributed by atoms with E-state index in [1.165, 1.54) is 25.0 Å². The van der Waals surface area contributed by atoms with Crippen LogP contribution < -0.4 is 9.47 Å². The van der Waals surface area contributed by atoms with Gasteiger partial charge in [-0.15, -0.1) is 0 Å². The highest BCUT2D eigenvalue weighted by molar-refractivity contribution is 5.70. The summed E-state index contributed by atoms with van der Waals surface area (Å²) in [6.07, 6.45) is -2.12. The molecular formula is C22H23F3N2O3. The second kappa shape index (κ2) is 8.55. The Balaban J connectivity index is 1.26. The molecule has 8 heteroatoms. The van der Waals surface area contributed by atoms with Crippen molar-refractivity contribution in [3.8, 4) is 17.2 Å². The second-order valence-corrected chi connectivity index (χ2v) is 7.69. The van der Waals surface area contributed by atoms with Crippen molar-refractivity contribution in [3.05, 3.63) is 54.1 Å². The first kappa shape index (κ1) is 20.5. The SMILES string of the molecule is O=C(Oc1ccc(Oc2ccc(C(F)(F)F)cc2)cc1)N1CCN(CC2CC2)CC1. The minimum Gasteiger partial charge on any atom is -0.457 e. The Bertz CT molecular complexity index is 857. The molecule has 1 heterocycles. The number of hydrogen-bond donors (Lipinski definition) is 0. The lowest BCUT2D eigenvalue weighted by Gasteiger charge is -2.34. The first-order chi connectivity index (χ1) is 14.4. The molecule has 30 heavy (non-hydrogen) atoms. The molecule has 1 saturated heterocycles. The van der Waals surface area contributed by atoms with Crippen LogP contribution in [-0.2, 0) is 6.18 Å². The zero-order valence-corrected chi connectivity index (χ0v) is 16.4. The average Bonchev–Trinajstić information content (AvgIpc) is 3.54. The van der Waals surface area contributed by atoms with Crippen LogP contribution in [0.5, 0.6) is 17.2 Å². The monoisotopic (exact) mass is 420 g/mol. The van der Waals surface area contributed by atoms with Crippen molar-refractivity contribution in [1.29, 1.82) is 0 Å². The number of hydrogen-bond acceptors (Lipinski definition) is 4. The number of nitrogens with zero attached hydrogens (tertiary/aromatic N) is 2. The van der Waals surface area contributed by atoms with E-state index in [0.29, 0.717) is 24.6 Å². The maximum Gasteiger partial charge on any atom is 0.416 e. The van der Waals surface area contributed by atoms with Crippen molar-refractivity contribution in [3.63, 3.8) is 0 Å². The van der Waals surface area contributed by atoms with Crippen molar-refractivity contribution in [2.75, 3.05) is 32.7 Å². The number of ether oxygens (including phenoxy) is 2. The summed E-state index contributed by atoms with van der Waals surface area (Å²) in [6, 6.07) is 10.9. The van der Waals surface area contributed by atoms with Crippen LogP contribution in [0.3, 0.4) is 0 Å². The highest BCUT2D eigenvalue weighted by Crippen LogP contribution is 2.32. The van der Waals surface area contributed by atoms with Gasteiger partial charge in [0.15, 0.2) is 0 Å². The van der Waals surface area contributed by atoms with Gasteiger partial charge in [-0.1, -0.05) is 0 Å². The Labute approximate surface area is 173 Å². The molecule has 1 saturated carbocycles. The van der Waals surface area contributed by atoms with Crippen LogP contribution in [0, 0.1) is 5.92 Å². The number of rotatable bonds is 5. The molecule has 4 rings (SSSR count). The lowest BCUT2D eigenvalue weighted by Crippen LogP contribution is -2.49. The number of alkyl halides is 3. The Morgan fingerprint density at radius 1 is 0.867 bits per heavy atom. The van der Waals surface area contributed by atoms with Gasteiger partial charge in [0, 0.05) is 32.7 Å². The maximum absolute atomic E-state index is 12.6. The molecule has 1 aliphatic heterocycles. The topological polar surface area (TPSA) is 42.0 Å². The van der Waals surface area contributed by atoms with Gasteiger partial charge < -0.3 is 14.4 Å². The summed E-state index contributed by atoms with van der Waals surface area (Å²) in [6.45, 7) is 4.17. The van der Waals surface area contributed by atoms with Gasteiger partial charge >= 0.3 is 12.3 Å². The quantitative estimate of drug-likeness (QED) is 0.681. The van der Waals surface area contributed by atoms with Crippen LogP contribution in [-0.4, -0.2) is 48.6 Å². The second-order valence-electron chi connectivity index (χ2n) is 7.69. The van der Waals surface area contributed by atoms with E-state index in [-0.39, 0.29) is 11.8 Å². The Kier molecular flexibility index (Phi) is 5.85. The van der Waals surface area contributed by atoms with Crippen molar-refractivity contribution in [2.24, 2.45) is 5.92 Å². The molecule has 2 fully saturated rings. The van der Waals surface area contributed by atoms with Crippen molar-refractivity contribution in [1.82, 2.24) is 9.80 Å². The number of carbonyl (C=O) groups is 1. The predicted octanol–water partition coefficient (Wildman–Crippen LogP) is 5.02. The molecule has 0 spiro atoms. The number of carbonyl (C=O) groups excluding carboxylic acids is 1. The van der Waals surface area contributed by atoms with E-state index in [4.69, 9.17) is 9.47 Å². The molecule has 0 atom stereocenters. The molecule has 0 aromatic heterocycles. The Morgan fingerprint density at radius 2 is 1.40 bits per heavy atom. The first-order valence-electron chi connectivity index (χ1n) is 10.0. The summed E-state index contributed by atoms with van der Waals surface area (Å²) >= 11 is 0. The normalized spacial score (nSPS) is 17.6. The summed E-state index contributed by atoms with van der Waals surface area (Å²) in [7, 11) is 0. The fourth-order valence-electron chi connectivity index (χ4n) is 3.37. The number of amides is 1. The summed E-state index contributed by atoms with van der Waals surface area (Å²) < 4.78 is 48.8. The average molecular weight is 420 g/mol. The molecular weight excluding hydrogens is 397 g/mol. The third kappa shape index (κ3) is 5.44. The molecule has 2 aromatic carbocycles. The maximum atomic E-state index is 12.6. The van der Waals surface area contributed by atoms with Gasteiger partial charge in [0.2, 0.25) is 0 Å². The smallest absolute Gasteiger partial charge is 0.416 e. The molecule has 160 valence electrons. The highest BCUT2D eigenvalue weighted by Gasteiger charge is 2.30. The fraction of sp³-hybridized carbons (Fsp3) is 0.409. The van der Waals surface area contributed by atoms with E-state index in [1.807, 2.05) is 0 Å². The van der Waals surface area contributed by atoms with E-state index in [9.17, 15) is 18.0 Å². The summed E-state index contributed by atoms with van der Waals surface area (Å²) in [5.74, 6) is 1.95. The van der Waals surface area contributed by atoms with Crippen LogP contribution in [0.1, 0.15) is 18.4 Å². The predicted molar refractivity (Wildman–Crippen MR) is 105 cm³/mol. The Hall–Kier alpha value is -2.74. The van der Waals surface area contributed by atoms with Crippen molar-refractivity contribution >= 4 is 6.09 Å². The third-order valence-corrected chi connectivity index (χ3v) is 5.29. The standard InChI is InChI=1S/C22H23F3N2O3/c23-22(24,25)17-3-5-18(6-4-17)29-19-7-9-20(10-8-19)30-21(28)27-13-11-26(12-14-27)15-16-1-2-16/h3-10,16H,1-2,11-15H2.